The third kappa shape index (κ3) is 1.01. The van der Waals surface area contributed by atoms with Gasteiger partial charge in [-0.1, -0.05) is 6.42 Å². The second-order valence-electron chi connectivity index (χ2n) is 6.01. The Morgan fingerprint density at radius 3 is 3.12 bits per heavy atom. The molecule has 0 amide bonds. The normalized spacial score (nSPS) is 51.0. The minimum absolute atomic E-state index is 0.0551. The number of rotatable bonds is 0. The lowest BCUT2D eigenvalue weighted by atomic mass is 9.72. The summed E-state index contributed by atoms with van der Waals surface area (Å²) in [6.07, 6.45) is 8.23. The van der Waals surface area contributed by atoms with Gasteiger partial charge in [-0.05, 0) is 32.2 Å². The molecule has 0 aromatic carbocycles. The molecule has 3 heterocycles. The van der Waals surface area contributed by atoms with Crippen molar-refractivity contribution in [1.29, 1.82) is 0 Å². The molecule has 3 nitrogen and oxygen atoms in total. The first-order chi connectivity index (χ1) is 7.79. The molecule has 88 valence electrons. The van der Waals surface area contributed by atoms with Crippen LogP contribution in [0.5, 0.6) is 0 Å². The van der Waals surface area contributed by atoms with Crippen LogP contribution in [0.1, 0.15) is 44.9 Å². The SMILES string of the molecule is O=C1C[C@@H]2CCC3C[C@@]2(O1)[C@H]1CCCCN31. The van der Waals surface area contributed by atoms with Crippen LogP contribution in [-0.4, -0.2) is 35.1 Å². The first kappa shape index (κ1) is 9.46. The maximum atomic E-state index is 11.6. The summed E-state index contributed by atoms with van der Waals surface area (Å²) in [7, 11) is 0. The fraction of sp³-hybridized carbons (Fsp3) is 0.923. The van der Waals surface area contributed by atoms with E-state index in [1.807, 2.05) is 0 Å². The number of esters is 1. The molecule has 1 saturated carbocycles. The molecule has 4 rings (SSSR count). The molecule has 4 atom stereocenters. The highest BCUT2D eigenvalue weighted by Gasteiger charge is 2.64. The fourth-order valence-electron chi connectivity index (χ4n) is 4.80. The van der Waals surface area contributed by atoms with Gasteiger partial charge in [-0.15, -0.1) is 0 Å². The van der Waals surface area contributed by atoms with Crippen LogP contribution in [0.2, 0.25) is 0 Å². The average molecular weight is 221 g/mol. The number of ether oxygens (including phenoxy) is 1. The molecule has 0 aromatic heterocycles. The Balaban J connectivity index is 1.76. The summed E-state index contributed by atoms with van der Waals surface area (Å²) in [6, 6.07) is 1.28. The van der Waals surface area contributed by atoms with E-state index in [0.29, 0.717) is 24.4 Å². The van der Waals surface area contributed by atoms with Gasteiger partial charge in [0, 0.05) is 18.4 Å². The summed E-state index contributed by atoms with van der Waals surface area (Å²) in [4.78, 5) is 14.3. The van der Waals surface area contributed by atoms with Gasteiger partial charge in [0.25, 0.3) is 0 Å². The third-order valence-corrected chi connectivity index (χ3v) is 5.39. The maximum Gasteiger partial charge on any atom is 0.306 e. The van der Waals surface area contributed by atoms with Gasteiger partial charge in [0.1, 0.15) is 5.60 Å². The van der Waals surface area contributed by atoms with Gasteiger partial charge in [0.2, 0.25) is 0 Å². The Morgan fingerprint density at radius 1 is 1.25 bits per heavy atom. The molecule has 4 aliphatic rings. The number of piperidine rings is 1. The summed E-state index contributed by atoms with van der Waals surface area (Å²) in [5, 5.41) is 0. The van der Waals surface area contributed by atoms with Gasteiger partial charge >= 0.3 is 5.97 Å². The van der Waals surface area contributed by atoms with Gasteiger partial charge in [-0.3, -0.25) is 9.69 Å². The van der Waals surface area contributed by atoms with Crippen molar-refractivity contribution in [3.63, 3.8) is 0 Å². The van der Waals surface area contributed by atoms with Crippen LogP contribution < -0.4 is 0 Å². The molecule has 4 fully saturated rings. The Morgan fingerprint density at radius 2 is 2.19 bits per heavy atom. The zero-order valence-corrected chi connectivity index (χ0v) is 9.65. The van der Waals surface area contributed by atoms with Crippen molar-refractivity contribution in [1.82, 2.24) is 4.90 Å². The molecule has 2 bridgehead atoms. The number of hydrogen-bond donors (Lipinski definition) is 0. The Kier molecular flexibility index (Phi) is 1.78. The standard InChI is InChI=1S/C13H19NO2/c15-12-7-9-4-5-10-8-13(9,16-12)11-3-1-2-6-14(10)11/h9-11H,1-8H2/t9-,10?,11+,13-/m0/s1. The smallest absolute Gasteiger partial charge is 0.306 e. The maximum absolute atomic E-state index is 11.6. The van der Waals surface area contributed by atoms with E-state index in [2.05, 4.69) is 4.90 Å². The van der Waals surface area contributed by atoms with E-state index >= 15 is 0 Å². The van der Waals surface area contributed by atoms with E-state index in [0.717, 1.165) is 6.42 Å². The number of fused-ring (bicyclic) bond motifs is 3. The summed E-state index contributed by atoms with van der Waals surface area (Å²) in [5.41, 5.74) is -0.0551. The van der Waals surface area contributed by atoms with E-state index in [1.165, 1.54) is 38.6 Å². The number of hydrogen-bond acceptors (Lipinski definition) is 3. The van der Waals surface area contributed by atoms with E-state index in [4.69, 9.17) is 4.74 Å². The van der Waals surface area contributed by atoms with Crippen LogP contribution in [0, 0.1) is 5.92 Å². The monoisotopic (exact) mass is 221 g/mol. The topological polar surface area (TPSA) is 29.5 Å². The second kappa shape index (κ2) is 3.00. The van der Waals surface area contributed by atoms with Gasteiger partial charge in [0.15, 0.2) is 0 Å². The minimum atomic E-state index is -0.0551. The van der Waals surface area contributed by atoms with Gasteiger partial charge < -0.3 is 4.74 Å². The summed E-state index contributed by atoms with van der Waals surface area (Å²) in [5.74, 6) is 0.599. The van der Waals surface area contributed by atoms with E-state index < -0.39 is 0 Å². The molecule has 0 N–H and O–H groups in total. The number of carbonyl (C=O) groups is 1. The van der Waals surface area contributed by atoms with Crippen LogP contribution in [0.25, 0.3) is 0 Å². The first-order valence-electron chi connectivity index (χ1n) is 6.77. The molecule has 0 aromatic rings. The molecule has 1 aliphatic carbocycles. The van der Waals surface area contributed by atoms with E-state index in [9.17, 15) is 4.79 Å². The zero-order chi connectivity index (χ0) is 10.8. The molecule has 3 saturated heterocycles. The van der Waals surface area contributed by atoms with Crippen molar-refractivity contribution >= 4 is 5.97 Å². The summed E-state index contributed by atoms with van der Waals surface area (Å²) >= 11 is 0. The third-order valence-electron chi connectivity index (χ3n) is 5.39. The number of carbonyl (C=O) groups excluding carboxylic acids is 1. The lowest BCUT2D eigenvalue weighted by Gasteiger charge is -2.39. The predicted molar refractivity (Wildman–Crippen MR) is 58.9 cm³/mol. The quantitative estimate of drug-likeness (QED) is 0.583. The highest BCUT2D eigenvalue weighted by atomic mass is 16.6. The van der Waals surface area contributed by atoms with Crippen LogP contribution in [0.3, 0.4) is 0 Å². The lowest BCUT2D eigenvalue weighted by Crippen LogP contribution is -2.49. The van der Waals surface area contributed by atoms with Crippen LogP contribution in [0.15, 0.2) is 0 Å². The molecular formula is C13H19NO2. The van der Waals surface area contributed by atoms with Crippen molar-refractivity contribution in [3.05, 3.63) is 0 Å². The molecule has 3 aliphatic heterocycles. The molecular weight excluding hydrogens is 202 g/mol. The first-order valence-corrected chi connectivity index (χ1v) is 6.77. The lowest BCUT2D eigenvalue weighted by molar-refractivity contribution is -0.152. The Hall–Kier alpha value is -0.570. The largest absolute Gasteiger partial charge is 0.457 e. The van der Waals surface area contributed by atoms with E-state index in [-0.39, 0.29) is 11.6 Å². The molecule has 1 unspecified atom stereocenters. The minimum Gasteiger partial charge on any atom is -0.457 e. The molecule has 0 radical (unpaired) electrons. The molecule has 16 heavy (non-hydrogen) atoms. The summed E-state index contributed by atoms with van der Waals surface area (Å²) in [6.45, 7) is 1.24. The second-order valence-corrected chi connectivity index (χ2v) is 6.01. The van der Waals surface area contributed by atoms with Crippen LogP contribution in [0.4, 0.5) is 0 Å². The summed E-state index contributed by atoms with van der Waals surface area (Å²) < 4.78 is 5.83. The van der Waals surface area contributed by atoms with Crippen molar-refractivity contribution in [2.24, 2.45) is 5.92 Å². The Bertz CT molecular complexity index is 343. The van der Waals surface area contributed by atoms with Crippen LogP contribution in [-0.2, 0) is 9.53 Å². The van der Waals surface area contributed by atoms with Gasteiger partial charge in [-0.2, -0.15) is 0 Å². The number of nitrogens with zero attached hydrogens (tertiary/aromatic N) is 1. The van der Waals surface area contributed by atoms with Gasteiger partial charge in [0.05, 0.1) is 12.5 Å². The highest BCUT2D eigenvalue weighted by molar-refractivity contribution is 5.73. The van der Waals surface area contributed by atoms with Crippen molar-refractivity contribution in [2.45, 2.75) is 62.6 Å². The van der Waals surface area contributed by atoms with Gasteiger partial charge in [-0.25, -0.2) is 0 Å². The Labute approximate surface area is 96.1 Å². The molecule has 1 spiro atoms. The zero-order valence-electron chi connectivity index (χ0n) is 9.65. The van der Waals surface area contributed by atoms with Crippen molar-refractivity contribution in [2.75, 3.05) is 6.54 Å². The van der Waals surface area contributed by atoms with Crippen molar-refractivity contribution < 1.29 is 9.53 Å². The fourth-order valence-corrected chi connectivity index (χ4v) is 4.80. The van der Waals surface area contributed by atoms with E-state index in [1.54, 1.807) is 0 Å². The predicted octanol–water partition coefficient (Wildman–Crippen LogP) is 1.71. The molecule has 3 heteroatoms. The average Bonchev–Trinajstić information content (AvgIpc) is 2.76. The highest BCUT2D eigenvalue weighted by Crippen LogP contribution is 2.55. The van der Waals surface area contributed by atoms with Crippen LogP contribution >= 0.6 is 0 Å². The van der Waals surface area contributed by atoms with Crippen molar-refractivity contribution in [3.8, 4) is 0 Å².